The maximum Gasteiger partial charge on any atom is 0.310 e. The fourth-order valence-electron chi connectivity index (χ4n) is 3.06. The molecule has 0 aromatic rings. The smallest absolute Gasteiger partial charge is 0.310 e. The van der Waals surface area contributed by atoms with Gasteiger partial charge in [-0.1, -0.05) is 19.3 Å². The summed E-state index contributed by atoms with van der Waals surface area (Å²) < 4.78 is 0. The molecular weight excluding hydrogens is 180 g/mol. The molecule has 0 aromatic carbocycles. The fraction of sp³-hybridized carbons (Fsp3) is 0.909. The van der Waals surface area contributed by atoms with Gasteiger partial charge in [-0.05, 0) is 25.7 Å². The van der Waals surface area contributed by atoms with E-state index in [1.165, 1.54) is 0 Å². The van der Waals surface area contributed by atoms with E-state index in [0.717, 1.165) is 44.9 Å². The quantitative estimate of drug-likeness (QED) is 0.711. The number of hydrogen-bond donors (Lipinski definition) is 2. The molecule has 2 unspecified atom stereocenters. The van der Waals surface area contributed by atoms with Crippen molar-refractivity contribution in [3.63, 3.8) is 0 Å². The molecule has 2 rings (SSSR count). The second-order valence-corrected chi connectivity index (χ2v) is 4.77. The highest BCUT2D eigenvalue weighted by molar-refractivity contribution is 5.76. The van der Waals surface area contributed by atoms with Crippen LogP contribution in [0.5, 0.6) is 0 Å². The van der Waals surface area contributed by atoms with Gasteiger partial charge in [-0.25, -0.2) is 0 Å². The number of aliphatic hydroxyl groups is 1. The van der Waals surface area contributed by atoms with Gasteiger partial charge >= 0.3 is 5.97 Å². The van der Waals surface area contributed by atoms with Crippen LogP contribution in [0.25, 0.3) is 0 Å². The first-order valence-electron chi connectivity index (χ1n) is 5.58. The van der Waals surface area contributed by atoms with Crippen molar-refractivity contribution in [3.05, 3.63) is 0 Å². The van der Waals surface area contributed by atoms with Crippen molar-refractivity contribution in [2.45, 2.75) is 51.0 Å². The van der Waals surface area contributed by atoms with Crippen molar-refractivity contribution in [2.75, 3.05) is 0 Å². The lowest BCUT2D eigenvalue weighted by atomic mass is 9.57. The molecule has 2 atom stereocenters. The molecule has 0 heterocycles. The van der Waals surface area contributed by atoms with E-state index in [-0.39, 0.29) is 12.0 Å². The van der Waals surface area contributed by atoms with E-state index in [9.17, 15) is 15.0 Å². The van der Waals surface area contributed by atoms with Crippen LogP contribution >= 0.6 is 0 Å². The predicted molar refractivity (Wildman–Crippen MR) is 51.9 cm³/mol. The summed E-state index contributed by atoms with van der Waals surface area (Å²) in [6.07, 6.45) is 5.99. The van der Waals surface area contributed by atoms with Crippen molar-refractivity contribution < 1.29 is 15.0 Å². The molecule has 2 aliphatic carbocycles. The van der Waals surface area contributed by atoms with Crippen LogP contribution in [0.4, 0.5) is 0 Å². The molecule has 14 heavy (non-hydrogen) atoms. The van der Waals surface area contributed by atoms with Gasteiger partial charge in [-0.2, -0.15) is 0 Å². The van der Waals surface area contributed by atoms with Crippen molar-refractivity contribution >= 4 is 5.97 Å². The highest BCUT2D eigenvalue weighted by Crippen LogP contribution is 2.52. The zero-order valence-corrected chi connectivity index (χ0v) is 8.41. The zero-order chi connectivity index (χ0) is 10.2. The predicted octanol–water partition coefficient (Wildman–Crippen LogP) is 1.79. The topological polar surface area (TPSA) is 57.5 Å². The summed E-state index contributed by atoms with van der Waals surface area (Å²) in [5.41, 5.74) is -0.570. The first-order valence-corrected chi connectivity index (χ1v) is 5.58. The summed E-state index contributed by atoms with van der Waals surface area (Å²) in [5, 5.41) is 19.1. The molecule has 0 bridgehead atoms. The van der Waals surface area contributed by atoms with E-state index < -0.39 is 11.4 Å². The number of carboxylic acids is 1. The van der Waals surface area contributed by atoms with Gasteiger partial charge in [-0.3, -0.25) is 4.79 Å². The second kappa shape index (κ2) is 3.54. The molecule has 0 amide bonds. The number of carbonyl (C=O) groups is 1. The Hall–Kier alpha value is -0.570. The van der Waals surface area contributed by atoms with Crippen molar-refractivity contribution in [3.8, 4) is 0 Å². The number of carboxylic acid groups (broad SMARTS) is 1. The van der Waals surface area contributed by atoms with Gasteiger partial charge in [0.25, 0.3) is 0 Å². The number of aliphatic hydroxyl groups excluding tert-OH is 1. The fourth-order valence-corrected chi connectivity index (χ4v) is 3.06. The van der Waals surface area contributed by atoms with E-state index >= 15 is 0 Å². The summed E-state index contributed by atoms with van der Waals surface area (Å²) >= 11 is 0. The molecule has 0 spiro atoms. The lowest BCUT2D eigenvalue weighted by Gasteiger charge is -2.47. The Labute approximate surface area is 84.1 Å². The first-order chi connectivity index (χ1) is 6.67. The van der Waals surface area contributed by atoms with Crippen LogP contribution in [0.3, 0.4) is 0 Å². The molecule has 0 radical (unpaired) electrons. The molecule has 2 fully saturated rings. The number of aliphatic carboxylic acids is 1. The van der Waals surface area contributed by atoms with Crippen LogP contribution < -0.4 is 0 Å². The Kier molecular flexibility index (Phi) is 2.52. The van der Waals surface area contributed by atoms with Crippen LogP contribution in [0.2, 0.25) is 0 Å². The van der Waals surface area contributed by atoms with E-state index in [1.807, 2.05) is 0 Å². The Morgan fingerprint density at radius 3 is 2.21 bits per heavy atom. The molecule has 3 nitrogen and oxygen atoms in total. The molecule has 0 saturated heterocycles. The maximum absolute atomic E-state index is 11.2. The first kappa shape index (κ1) is 9.97. The van der Waals surface area contributed by atoms with Gasteiger partial charge in [0.1, 0.15) is 0 Å². The molecule has 0 aromatic heterocycles. The molecule has 80 valence electrons. The van der Waals surface area contributed by atoms with Gasteiger partial charge in [0.05, 0.1) is 11.5 Å². The molecule has 3 heteroatoms. The lowest BCUT2D eigenvalue weighted by Crippen LogP contribution is -2.50. The Morgan fingerprint density at radius 1 is 1.14 bits per heavy atom. The third kappa shape index (κ3) is 1.34. The van der Waals surface area contributed by atoms with Gasteiger partial charge in [-0.15, -0.1) is 0 Å². The van der Waals surface area contributed by atoms with Crippen LogP contribution in [0.15, 0.2) is 0 Å². The van der Waals surface area contributed by atoms with E-state index in [0.29, 0.717) is 0 Å². The standard InChI is InChI=1S/C11H18O3/c12-9-5-2-1-4-8(9)11(10(13)14)6-3-7-11/h8-9,12H,1-7H2,(H,13,14). The van der Waals surface area contributed by atoms with Crippen molar-refractivity contribution in [2.24, 2.45) is 11.3 Å². The molecule has 2 aliphatic rings. The average molecular weight is 198 g/mol. The minimum atomic E-state index is -0.685. The molecule has 2 saturated carbocycles. The van der Waals surface area contributed by atoms with E-state index in [2.05, 4.69) is 0 Å². The molecule has 2 N–H and O–H groups in total. The summed E-state index contributed by atoms with van der Waals surface area (Å²) in [4.78, 5) is 11.2. The molecule has 0 aliphatic heterocycles. The van der Waals surface area contributed by atoms with Crippen molar-refractivity contribution in [1.82, 2.24) is 0 Å². The van der Waals surface area contributed by atoms with Crippen LogP contribution in [0.1, 0.15) is 44.9 Å². The number of hydrogen-bond acceptors (Lipinski definition) is 2. The zero-order valence-electron chi connectivity index (χ0n) is 8.41. The summed E-state index contributed by atoms with van der Waals surface area (Å²) in [7, 11) is 0. The van der Waals surface area contributed by atoms with E-state index in [1.54, 1.807) is 0 Å². The van der Waals surface area contributed by atoms with E-state index in [4.69, 9.17) is 0 Å². The third-order valence-corrected chi connectivity index (χ3v) is 4.11. The highest BCUT2D eigenvalue weighted by atomic mass is 16.4. The average Bonchev–Trinajstić information content (AvgIpc) is 2.05. The largest absolute Gasteiger partial charge is 0.481 e. The number of rotatable bonds is 2. The van der Waals surface area contributed by atoms with Crippen molar-refractivity contribution in [1.29, 1.82) is 0 Å². The summed E-state index contributed by atoms with van der Waals surface area (Å²) in [6, 6.07) is 0. The Morgan fingerprint density at radius 2 is 1.79 bits per heavy atom. The highest BCUT2D eigenvalue weighted by Gasteiger charge is 2.52. The lowest BCUT2D eigenvalue weighted by molar-refractivity contribution is -0.167. The summed E-state index contributed by atoms with van der Waals surface area (Å²) in [5.74, 6) is -0.669. The minimum absolute atomic E-state index is 0.0162. The van der Waals surface area contributed by atoms with Gasteiger partial charge < -0.3 is 10.2 Å². The third-order valence-electron chi connectivity index (χ3n) is 4.11. The van der Waals surface area contributed by atoms with Crippen LogP contribution in [-0.4, -0.2) is 22.3 Å². The Bertz CT molecular complexity index is 233. The summed E-state index contributed by atoms with van der Waals surface area (Å²) in [6.45, 7) is 0. The SMILES string of the molecule is O=C(O)C1(C2CCCCC2O)CCC1. The Balaban J connectivity index is 2.14. The van der Waals surface area contributed by atoms with Gasteiger partial charge in [0, 0.05) is 5.92 Å². The van der Waals surface area contributed by atoms with Crippen LogP contribution in [-0.2, 0) is 4.79 Å². The molecular formula is C11H18O3. The minimum Gasteiger partial charge on any atom is -0.481 e. The maximum atomic E-state index is 11.2. The monoisotopic (exact) mass is 198 g/mol. The van der Waals surface area contributed by atoms with Gasteiger partial charge in [0.15, 0.2) is 0 Å². The normalized spacial score (nSPS) is 36.1. The second-order valence-electron chi connectivity index (χ2n) is 4.77. The van der Waals surface area contributed by atoms with Gasteiger partial charge in [0.2, 0.25) is 0 Å². The van der Waals surface area contributed by atoms with Crippen LogP contribution in [0, 0.1) is 11.3 Å².